The summed E-state index contributed by atoms with van der Waals surface area (Å²) in [7, 11) is 0. The van der Waals surface area contributed by atoms with Crippen molar-refractivity contribution in [1.82, 2.24) is 0 Å². The molecule has 3 nitrogen and oxygen atoms in total. The molecule has 3 aliphatic rings. The molecule has 2 unspecified atom stereocenters. The third-order valence-electron chi connectivity index (χ3n) is 5.37. The van der Waals surface area contributed by atoms with Gasteiger partial charge in [0.1, 0.15) is 0 Å². The van der Waals surface area contributed by atoms with E-state index in [0.717, 1.165) is 56.5 Å². The van der Waals surface area contributed by atoms with E-state index in [2.05, 4.69) is 11.8 Å². The van der Waals surface area contributed by atoms with Crippen LogP contribution in [0.2, 0.25) is 0 Å². The van der Waals surface area contributed by atoms with Crippen LogP contribution in [-0.2, 0) is 9.47 Å². The predicted molar refractivity (Wildman–Crippen MR) is 84.1 cm³/mol. The molecule has 1 spiro atoms. The van der Waals surface area contributed by atoms with Gasteiger partial charge < -0.3 is 15.2 Å². The van der Waals surface area contributed by atoms with E-state index in [0.29, 0.717) is 12.0 Å². The lowest BCUT2D eigenvalue weighted by atomic mass is 9.78. The van der Waals surface area contributed by atoms with Gasteiger partial charge in [0.05, 0.1) is 5.60 Å². The first kappa shape index (κ1) is 15.1. The Bertz CT molecular complexity index is 295. The Balaban J connectivity index is 1.47. The Morgan fingerprint density at radius 3 is 2.60 bits per heavy atom. The van der Waals surface area contributed by atoms with E-state index in [1.807, 2.05) is 0 Å². The predicted octanol–water partition coefficient (Wildman–Crippen LogP) is 2.97. The molecular formula is C16H29NO2S. The van der Waals surface area contributed by atoms with Gasteiger partial charge in [-0.3, -0.25) is 0 Å². The fourth-order valence-corrected chi connectivity index (χ4v) is 5.39. The lowest BCUT2D eigenvalue weighted by Gasteiger charge is -2.44. The molecule has 1 aliphatic carbocycles. The summed E-state index contributed by atoms with van der Waals surface area (Å²) < 4.78 is 11.6. The maximum Gasteiger partial charge on any atom is 0.0729 e. The largest absolute Gasteiger partial charge is 0.381 e. The minimum atomic E-state index is 0.0941. The van der Waals surface area contributed by atoms with E-state index in [4.69, 9.17) is 15.2 Å². The molecular weight excluding hydrogens is 270 g/mol. The summed E-state index contributed by atoms with van der Waals surface area (Å²) in [6.45, 7) is 2.62. The van der Waals surface area contributed by atoms with Crippen molar-refractivity contribution in [2.75, 3.05) is 25.6 Å². The second-order valence-electron chi connectivity index (χ2n) is 6.80. The molecule has 3 fully saturated rings. The molecule has 4 heteroatoms. The maximum atomic E-state index is 6.51. The minimum absolute atomic E-state index is 0.0941. The van der Waals surface area contributed by atoms with Gasteiger partial charge in [0, 0.05) is 36.9 Å². The lowest BCUT2D eigenvalue weighted by Crippen LogP contribution is -2.48. The van der Waals surface area contributed by atoms with Gasteiger partial charge >= 0.3 is 0 Å². The molecule has 116 valence electrons. The van der Waals surface area contributed by atoms with E-state index < -0.39 is 0 Å². The number of hydrogen-bond acceptors (Lipinski definition) is 4. The lowest BCUT2D eigenvalue weighted by molar-refractivity contribution is -0.148. The molecule has 0 amide bonds. The van der Waals surface area contributed by atoms with Gasteiger partial charge in [-0.05, 0) is 44.4 Å². The van der Waals surface area contributed by atoms with Crippen molar-refractivity contribution in [3.63, 3.8) is 0 Å². The summed E-state index contributed by atoms with van der Waals surface area (Å²) in [5, 5.41) is 0.887. The van der Waals surface area contributed by atoms with Gasteiger partial charge in [-0.2, -0.15) is 11.8 Å². The zero-order valence-corrected chi connectivity index (χ0v) is 13.3. The zero-order valence-electron chi connectivity index (χ0n) is 12.5. The maximum absolute atomic E-state index is 6.51. The Morgan fingerprint density at radius 1 is 1.10 bits per heavy atom. The molecule has 0 aromatic rings. The molecule has 2 N–H and O–H groups in total. The quantitative estimate of drug-likeness (QED) is 0.867. The topological polar surface area (TPSA) is 44.5 Å². The van der Waals surface area contributed by atoms with Crippen molar-refractivity contribution < 1.29 is 9.47 Å². The van der Waals surface area contributed by atoms with Crippen LogP contribution >= 0.6 is 11.8 Å². The molecule has 2 heterocycles. The third kappa shape index (κ3) is 3.70. The van der Waals surface area contributed by atoms with E-state index in [1.165, 1.54) is 25.7 Å². The molecule has 2 atom stereocenters. The van der Waals surface area contributed by atoms with Crippen molar-refractivity contribution in [2.45, 2.75) is 68.3 Å². The number of hydrogen-bond donors (Lipinski definition) is 1. The number of thioether (sulfide) groups is 1. The average Bonchev–Trinajstić information content (AvgIpc) is 2.99. The first-order valence-corrected chi connectivity index (χ1v) is 9.41. The monoisotopic (exact) mass is 299 g/mol. The van der Waals surface area contributed by atoms with Gasteiger partial charge in [-0.1, -0.05) is 12.8 Å². The number of nitrogens with two attached hydrogens (primary N) is 1. The van der Waals surface area contributed by atoms with Crippen LogP contribution in [0.1, 0.15) is 51.4 Å². The fraction of sp³-hybridized carbons (Fsp3) is 1.00. The average molecular weight is 299 g/mol. The van der Waals surface area contributed by atoms with Gasteiger partial charge in [-0.25, -0.2) is 0 Å². The van der Waals surface area contributed by atoms with Gasteiger partial charge in [0.15, 0.2) is 0 Å². The van der Waals surface area contributed by atoms with E-state index in [9.17, 15) is 0 Å². The molecule has 1 saturated carbocycles. The van der Waals surface area contributed by atoms with Gasteiger partial charge in [0.25, 0.3) is 0 Å². The second-order valence-corrected chi connectivity index (χ2v) is 8.13. The van der Waals surface area contributed by atoms with Crippen molar-refractivity contribution in [3.05, 3.63) is 0 Å². The molecule has 3 rings (SSSR count). The zero-order chi connectivity index (χ0) is 13.8. The highest BCUT2D eigenvalue weighted by Gasteiger charge is 2.40. The second kappa shape index (κ2) is 6.99. The van der Waals surface area contributed by atoms with Crippen molar-refractivity contribution in [1.29, 1.82) is 0 Å². The molecule has 0 aromatic carbocycles. The van der Waals surface area contributed by atoms with E-state index >= 15 is 0 Å². The molecule has 0 bridgehead atoms. The first-order valence-electron chi connectivity index (χ1n) is 8.36. The van der Waals surface area contributed by atoms with E-state index in [-0.39, 0.29) is 5.60 Å². The Kier molecular flexibility index (Phi) is 5.29. The van der Waals surface area contributed by atoms with Crippen LogP contribution in [0.25, 0.3) is 0 Å². The minimum Gasteiger partial charge on any atom is -0.381 e. The van der Waals surface area contributed by atoms with Crippen LogP contribution in [0.5, 0.6) is 0 Å². The molecule has 0 aromatic heterocycles. The Labute approximate surface area is 127 Å². The summed E-state index contributed by atoms with van der Waals surface area (Å²) in [5.74, 6) is 1.79. The Hall–Kier alpha value is 0.230. The van der Waals surface area contributed by atoms with Crippen LogP contribution in [0.4, 0.5) is 0 Å². The normalized spacial score (nSPS) is 32.5. The Morgan fingerprint density at radius 2 is 1.85 bits per heavy atom. The van der Waals surface area contributed by atoms with E-state index in [1.54, 1.807) is 0 Å². The summed E-state index contributed by atoms with van der Waals surface area (Å²) in [4.78, 5) is 0. The van der Waals surface area contributed by atoms with Crippen molar-refractivity contribution in [2.24, 2.45) is 11.7 Å². The van der Waals surface area contributed by atoms with Crippen LogP contribution in [0.3, 0.4) is 0 Å². The van der Waals surface area contributed by atoms with Gasteiger partial charge in [-0.15, -0.1) is 0 Å². The first-order chi connectivity index (χ1) is 9.77. The SMILES string of the molecule is NC(CSC1CCCC1)C1CCOC2(CCOCC2)C1. The third-order valence-corrected chi connectivity index (χ3v) is 6.89. The highest BCUT2D eigenvalue weighted by molar-refractivity contribution is 7.99. The van der Waals surface area contributed by atoms with Crippen LogP contribution < -0.4 is 5.73 Å². The summed E-state index contributed by atoms with van der Waals surface area (Å²) in [6, 6.07) is 0.351. The summed E-state index contributed by atoms with van der Waals surface area (Å²) in [5.41, 5.74) is 6.60. The van der Waals surface area contributed by atoms with Crippen molar-refractivity contribution >= 4 is 11.8 Å². The highest BCUT2D eigenvalue weighted by atomic mass is 32.2. The number of rotatable bonds is 4. The summed E-state index contributed by atoms with van der Waals surface area (Å²) in [6.07, 6.45) is 10.1. The molecule has 20 heavy (non-hydrogen) atoms. The standard InChI is InChI=1S/C16H29NO2S/c17-15(12-20-14-3-1-2-4-14)13-5-8-19-16(11-13)6-9-18-10-7-16/h13-15H,1-12,17H2. The smallest absolute Gasteiger partial charge is 0.0729 e. The number of ether oxygens (including phenoxy) is 2. The molecule has 2 aliphatic heterocycles. The van der Waals surface area contributed by atoms with Crippen LogP contribution in [0.15, 0.2) is 0 Å². The molecule has 2 saturated heterocycles. The van der Waals surface area contributed by atoms with Crippen LogP contribution in [0, 0.1) is 5.92 Å². The summed E-state index contributed by atoms with van der Waals surface area (Å²) >= 11 is 2.13. The van der Waals surface area contributed by atoms with Gasteiger partial charge in [0.2, 0.25) is 0 Å². The highest BCUT2D eigenvalue weighted by Crippen LogP contribution is 2.39. The van der Waals surface area contributed by atoms with Crippen molar-refractivity contribution in [3.8, 4) is 0 Å². The molecule has 0 radical (unpaired) electrons. The fourth-order valence-electron chi connectivity index (χ4n) is 3.96. The van der Waals surface area contributed by atoms with Crippen LogP contribution in [-0.4, -0.2) is 42.5 Å².